The van der Waals surface area contributed by atoms with Gasteiger partial charge in [-0.3, -0.25) is 4.79 Å². The van der Waals surface area contributed by atoms with Crippen molar-refractivity contribution >= 4 is 5.97 Å². The Balaban J connectivity index is 2.21. The van der Waals surface area contributed by atoms with Gasteiger partial charge >= 0.3 is 5.97 Å². The Kier molecular flexibility index (Phi) is 3.36. The summed E-state index contributed by atoms with van der Waals surface area (Å²) in [5.74, 6) is -2.28. The summed E-state index contributed by atoms with van der Waals surface area (Å²) in [6.07, 6.45) is 3.29. The van der Waals surface area contributed by atoms with Crippen LogP contribution in [0.3, 0.4) is 0 Å². The molecule has 0 radical (unpaired) electrons. The molecule has 0 saturated carbocycles. The molecule has 0 aliphatic heterocycles. The maximum absolute atomic E-state index is 13.5. The van der Waals surface area contributed by atoms with Gasteiger partial charge in [0.15, 0.2) is 5.82 Å². The number of aliphatic carboxylic acids is 1. The number of benzene rings is 1. The molecule has 0 atom stereocenters. The SMILES string of the molecule is O=C(O)CCc1cnn(-c2ccc(F)cc2F)c1. The van der Waals surface area contributed by atoms with Crippen molar-refractivity contribution in [3.63, 3.8) is 0 Å². The molecule has 0 aliphatic rings. The Labute approximate surface area is 101 Å². The van der Waals surface area contributed by atoms with E-state index in [2.05, 4.69) is 5.10 Å². The largest absolute Gasteiger partial charge is 0.481 e. The van der Waals surface area contributed by atoms with Crippen LogP contribution in [0.15, 0.2) is 30.6 Å². The second-order valence-corrected chi connectivity index (χ2v) is 3.78. The average Bonchev–Trinajstić information content (AvgIpc) is 2.75. The molecular formula is C12H10F2N2O2. The van der Waals surface area contributed by atoms with Gasteiger partial charge in [-0.05, 0) is 24.1 Å². The molecule has 1 N–H and O–H groups in total. The fourth-order valence-electron chi connectivity index (χ4n) is 1.54. The van der Waals surface area contributed by atoms with Crippen molar-refractivity contribution in [3.8, 4) is 5.69 Å². The van der Waals surface area contributed by atoms with Crippen molar-refractivity contribution in [3.05, 3.63) is 47.8 Å². The zero-order valence-electron chi connectivity index (χ0n) is 9.31. The molecule has 1 heterocycles. The summed E-state index contributed by atoms with van der Waals surface area (Å²) in [6, 6.07) is 3.18. The molecule has 94 valence electrons. The number of hydrogen-bond acceptors (Lipinski definition) is 2. The number of hydrogen-bond donors (Lipinski definition) is 1. The van der Waals surface area contributed by atoms with E-state index in [1.165, 1.54) is 23.1 Å². The monoisotopic (exact) mass is 252 g/mol. The van der Waals surface area contributed by atoms with E-state index in [0.717, 1.165) is 12.1 Å². The number of aryl methyl sites for hydroxylation is 1. The third-order valence-electron chi connectivity index (χ3n) is 2.42. The van der Waals surface area contributed by atoms with Crippen molar-refractivity contribution in [2.75, 3.05) is 0 Å². The quantitative estimate of drug-likeness (QED) is 0.907. The van der Waals surface area contributed by atoms with Gasteiger partial charge in [0.1, 0.15) is 11.5 Å². The Bertz CT molecular complexity index is 581. The van der Waals surface area contributed by atoms with Crippen LogP contribution in [0.2, 0.25) is 0 Å². The Hall–Kier alpha value is -2.24. The summed E-state index contributed by atoms with van der Waals surface area (Å²) in [7, 11) is 0. The van der Waals surface area contributed by atoms with E-state index in [1.54, 1.807) is 0 Å². The van der Waals surface area contributed by atoms with E-state index in [0.29, 0.717) is 12.0 Å². The molecule has 0 saturated heterocycles. The van der Waals surface area contributed by atoms with Gasteiger partial charge in [0.25, 0.3) is 0 Å². The lowest BCUT2D eigenvalue weighted by atomic mass is 10.2. The number of halogens is 2. The molecule has 0 bridgehead atoms. The van der Waals surface area contributed by atoms with Crippen molar-refractivity contribution in [1.29, 1.82) is 0 Å². The summed E-state index contributed by atoms with van der Waals surface area (Å²) in [5.41, 5.74) is 0.805. The lowest BCUT2D eigenvalue weighted by Gasteiger charge is -2.02. The summed E-state index contributed by atoms with van der Waals surface area (Å²) in [4.78, 5) is 10.4. The fourth-order valence-corrected chi connectivity index (χ4v) is 1.54. The number of nitrogens with zero attached hydrogens (tertiary/aromatic N) is 2. The van der Waals surface area contributed by atoms with Crippen LogP contribution < -0.4 is 0 Å². The van der Waals surface area contributed by atoms with Gasteiger partial charge in [0.2, 0.25) is 0 Å². The molecule has 1 aromatic heterocycles. The predicted octanol–water partition coefficient (Wildman–Crippen LogP) is 2.17. The molecule has 0 aliphatic carbocycles. The molecule has 4 nitrogen and oxygen atoms in total. The lowest BCUT2D eigenvalue weighted by Crippen LogP contribution is -1.99. The first kappa shape index (κ1) is 12.2. The molecule has 18 heavy (non-hydrogen) atoms. The van der Waals surface area contributed by atoms with Crippen molar-refractivity contribution in [2.45, 2.75) is 12.8 Å². The van der Waals surface area contributed by atoms with E-state index < -0.39 is 17.6 Å². The van der Waals surface area contributed by atoms with Crippen LogP contribution in [0.25, 0.3) is 5.69 Å². The van der Waals surface area contributed by atoms with Crippen LogP contribution in [0.5, 0.6) is 0 Å². The van der Waals surface area contributed by atoms with Gasteiger partial charge in [-0.25, -0.2) is 13.5 Å². The highest BCUT2D eigenvalue weighted by molar-refractivity contribution is 5.67. The summed E-state index contributed by atoms with van der Waals surface area (Å²) < 4.78 is 27.5. The third kappa shape index (κ3) is 2.71. The molecule has 0 unspecified atom stereocenters. The van der Waals surface area contributed by atoms with Crippen LogP contribution >= 0.6 is 0 Å². The maximum atomic E-state index is 13.5. The summed E-state index contributed by atoms with van der Waals surface area (Å²) >= 11 is 0. The van der Waals surface area contributed by atoms with Crippen molar-refractivity contribution in [1.82, 2.24) is 9.78 Å². The first-order valence-electron chi connectivity index (χ1n) is 5.27. The summed E-state index contributed by atoms with van der Waals surface area (Å²) in [5, 5.41) is 12.5. The van der Waals surface area contributed by atoms with Crippen LogP contribution in [-0.4, -0.2) is 20.9 Å². The zero-order chi connectivity index (χ0) is 13.1. The van der Waals surface area contributed by atoms with Gasteiger partial charge < -0.3 is 5.11 Å². The smallest absolute Gasteiger partial charge is 0.303 e. The number of aromatic nitrogens is 2. The molecular weight excluding hydrogens is 242 g/mol. The van der Waals surface area contributed by atoms with Gasteiger partial charge in [-0.15, -0.1) is 0 Å². The molecule has 0 fully saturated rings. The van der Waals surface area contributed by atoms with E-state index >= 15 is 0 Å². The highest BCUT2D eigenvalue weighted by Crippen LogP contribution is 2.15. The lowest BCUT2D eigenvalue weighted by molar-refractivity contribution is -0.136. The fraction of sp³-hybridized carbons (Fsp3) is 0.167. The number of carbonyl (C=O) groups is 1. The van der Waals surface area contributed by atoms with Gasteiger partial charge in [0.05, 0.1) is 6.20 Å². The Morgan fingerprint density at radius 3 is 2.83 bits per heavy atom. The topological polar surface area (TPSA) is 55.1 Å². The van der Waals surface area contributed by atoms with Gasteiger partial charge in [-0.1, -0.05) is 0 Å². The minimum atomic E-state index is -0.907. The second kappa shape index (κ2) is 4.95. The third-order valence-corrected chi connectivity index (χ3v) is 2.42. The van der Waals surface area contributed by atoms with Gasteiger partial charge in [-0.2, -0.15) is 5.10 Å². The minimum Gasteiger partial charge on any atom is -0.481 e. The van der Waals surface area contributed by atoms with E-state index in [9.17, 15) is 13.6 Å². The standard InChI is InChI=1S/C12H10F2N2O2/c13-9-2-3-11(10(14)5-9)16-7-8(6-15-16)1-4-12(17)18/h2-3,5-7H,1,4H2,(H,17,18). The first-order valence-corrected chi connectivity index (χ1v) is 5.27. The van der Waals surface area contributed by atoms with E-state index in [1.807, 2.05) is 0 Å². The van der Waals surface area contributed by atoms with E-state index in [-0.39, 0.29) is 12.1 Å². The second-order valence-electron chi connectivity index (χ2n) is 3.78. The highest BCUT2D eigenvalue weighted by atomic mass is 19.1. The summed E-state index contributed by atoms with van der Waals surface area (Å²) in [6.45, 7) is 0. The molecule has 0 spiro atoms. The van der Waals surface area contributed by atoms with Crippen LogP contribution in [0.1, 0.15) is 12.0 Å². The minimum absolute atomic E-state index is 0.0163. The van der Waals surface area contributed by atoms with Gasteiger partial charge in [0, 0.05) is 18.7 Å². The molecule has 0 amide bonds. The van der Waals surface area contributed by atoms with Crippen LogP contribution in [-0.2, 0) is 11.2 Å². The maximum Gasteiger partial charge on any atom is 0.303 e. The van der Waals surface area contributed by atoms with Crippen molar-refractivity contribution < 1.29 is 18.7 Å². The highest BCUT2D eigenvalue weighted by Gasteiger charge is 2.08. The molecule has 1 aromatic carbocycles. The van der Waals surface area contributed by atoms with E-state index in [4.69, 9.17) is 5.11 Å². The van der Waals surface area contributed by atoms with Crippen molar-refractivity contribution in [2.24, 2.45) is 0 Å². The number of carboxylic acid groups (broad SMARTS) is 1. The molecule has 2 rings (SSSR count). The molecule has 2 aromatic rings. The predicted molar refractivity (Wildman–Crippen MR) is 59.4 cm³/mol. The first-order chi connectivity index (χ1) is 8.56. The Morgan fingerprint density at radius 2 is 2.17 bits per heavy atom. The normalized spacial score (nSPS) is 10.6. The van der Waals surface area contributed by atoms with Crippen LogP contribution in [0, 0.1) is 11.6 Å². The molecule has 6 heteroatoms. The zero-order valence-corrected chi connectivity index (χ0v) is 9.31. The number of rotatable bonds is 4. The Morgan fingerprint density at radius 1 is 1.39 bits per heavy atom. The van der Waals surface area contributed by atoms with Crippen LogP contribution in [0.4, 0.5) is 8.78 Å². The number of carboxylic acids is 1. The average molecular weight is 252 g/mol.